The van der Waals surface area contributed by atoms with Crippen LogP contribution in [0.5, 0.6) is 0 Å². The van der Waals surface area contributed by atoms with E-state index < -0.39 is 0 Å². The summed E-state index contributed by atoms with van der Waals surface area (Å²) in [6.45, 7) is 8.58. The van der Waals surface area contributed by atoms with E-state index in [0.717, 1.165) is 38.9 Å². The Bertz CT molecular complexity index is 1430. The van der Waals surface area contributed by atoms with Crippen LogP contribution >= 0.6 is 0 Å². The number of aromatic nitrogens is 2. The number of hydrogen-bond donors (Lipinski definition) is 0. The van der Waals surface area contributed by atoms with E-state index in [1.807, 2.05) is 0 Å². The Hall–Kier alpha value is -3.52. The van der Waals surface area contributed by atoms with Crippen molar-refractivity contribution >= 4 is 21.7 Å². The van der Waals surface area contributed by atoms with E-state index >= 15 is 0 Å². The van der Waals surface area contributed by atoms with Gasteiger partial charge in [0.25, 0.3) is 0 Å². The van der Waals surface area contributed by atoms with Gasteiger partial charge in [0.2, 0.25) is 0 Å². The molecule has 0 fully saturated rings. The van der Waals surface area contributed by atoms with E-state index in [-0.39, 0.29) is 0 Å². The van der Waals surface area contributed by atoms with Crippen LogP contribution in [0.1, 0.15) is 22.3 Å². The average molecular weight is 389 g/mol. The Morgan fingerprint density at radius 1 is 0.600 bits per heavy atom. The van der Waals surface area contributed by atoms with Crippen molar-refractivity contribution in [1.29, 1.82) is 0 Å². The highest BCUT2D eigenvalue weighted by Crippen LogP contribution is 2.35. The van der Waals surface area contributed by atoms with Crippen molar-refractivity contribution in [2.75, 3.05) is 0 Å². The highest BCUT2D eigenvalue weighted by atomic mass is 14.9. The van der Waals surface area contributed by atoms with E-state index in [9.17, 15) is 0 Å². The minimum atomic E-state index is 0.787. The molecule has 1 heterocycles. The van der Waals surface area contributed by atoms with Crippen LogP contribution in [0.3, 0.4) is 0 Å². The number of aryl methyl sites for hydroxylation is 3. The molecule has 0 atom stereocenters. The van der Waals surface area contributed by atoms with Gasteiger partial charge in [-0.2, -0.15) is 0 Å². The molecule has 30 heavy (non-hydrogen) atoms. The molecule has 0 bridgehead atoms. The molecule has 1 aromatic heterocycles. The van der Waals surface area contributed by atoms with Gasteiger partial charge in [0.1, 0.15) is 0 Å². The van der Waals surface area contributed by atoms with Crippen molar-refractivity contribution < 1.29 is 0 Å². The molecule has 5 rings (SSSR count). The van der Waals surface area contributed by atoms with Gasteiger partial charge >= 0.3 is 0 Å². The van der Waals surface area contributed by atoms with Crippen LogP contribution in [0.4, 0.5) is 0 Å². The van der Waals surface area contributed by atoms with Crippen molar-refractivity contribution in [3.63, 3.8) is 0 Å². The summed E-state index contributed by atoms with van der Waals surface area (Å²) in [5.41, 5.74) is 9.23. The van der Waals surface area contributed by atoms with Crippen LogP contribution in [-0.2, 0) is 0 Å². The van der Waals surface area contributed by atoms with Gasteiger partial charge in [0, 0.05) is 21.9 Å². The van der Waals surface area contributed by atoms with Gasteiger partial charge in [-0.25, -0.2) is 9.97 Å². The number of nitrogens with zero attached hydrogens (tertiary/aromatic N) is 2. The molecule has 0 radical (unpaired) electrons. The zero-order valence-electron chi connectivity index (χ0n) is 17.8. The molecule has 2 heteroatoms. The summed E-state index contributed by atoms with van der Waals surface area (Å²) in [5, 5.41) is 3.45. The zero-order valence-corrected chi connectivity index (χ0v) is 17.8. The Balaban J connectivity index is 1.93. The van der Waals surface area contributed by atoms with E-state index in [4.69, 9.17) is 9.97 Å². The summed E-state index contributed by atoms with van der Waals surface area (Å²) < 4.78 is 0. The maximum absolute atomic E-state index is 5.13. The summed E-state index contributed by atoms with van der Waals surface area (Å²) in [7, 11) is 0. The standard InChI is InChI=1S/C28H24N2/c1-17-12-14-22(19(3)16-17)26-25-15-13-21-9-5-6-10-24(21)27(25)30-28(29-26)23-11-7-8-18(2)20(23)4/h5-16H,1-4H3. The second-order valence-electron chi connectivity index (χ2n) is 8.14. The van der Waals surface area contributed by atoms with Gasteiger partial charge in [0.05, 0.1) is 11.2 Å². The molecule has 4 aromatic carbocycles. The fourth-order valence-electron chi connectivity index (χ4n) is 4.26. The first-order valence-corrected chi connectivity index (χ1v) is 10.4. The predicted molar refractivity (Wildman–Crippen MR) is 127 cm³/mol. The van der Waals surface area contributed by atoms with E-state index in [2.05, 4.69) is 100 Å². The molecule has 0 aliphatic carbocycles. The van der Waals surface area contributed by atoms with Crippen LogP contribution in [0.15, 0.2) is 72.8 Å². The molecule has 2 nitrogen and oxygen atoms in total. The van der Waals surface area contributed by atoms with Gasteiger partial charge < -0.3 is 0 Å². The predicted octanol–water partition coefficient (Wildman–Crippen LogP) is 7.35. The molecule has 0 aliphatic heterocycles. The van der Waals surface area contributed by atoms with Crippen molar-refractivity contribution in [3.8, 4) is 22.6 Å². The second kappa shape index (κ2) is 7.07. The molecule has 0 amide bonds. The first-order chi connectivity index (χ1) is 14.5. The smallest absolute Gasteiger partial charge is 0.160 e. The molecule has 0 spiro atoms. The van der Waals surface area contributed by atoms with Gasteiger partial charge in [0.15, 0.2) is 5.82 Å². The topological polar surface area (TPSA) is 25.8 Å². The zero-order chi connectivity index (χ0) is 20.8. The summed E-state index contributed by atoms with van der Waals surface area (Å²) >= 11 is 0. The molecule has 5 aromatic rings. The van der Waals surface area contributed by atoms with Gasteiger partial charge in [-0.15, -0.1) is 0 Å². The molecule has 0 aliphatic rings. The van der Waals surface area contributed by atoms with E-state index in [0.29, 0.717) is 0 Å². The Morgan fingerprint density at radius 2 is 1.43 bits per heavy atom. The van der Waals surface area contributed by atoms with Crippen LogP contribution < -0.4 is 0 Å². The summed E-state index contributed by atoms with van der Waals surface area (Å²) in [6.07, 6.45) is 0. The Kier molecular flexibility index (Phi) is 4.36. The number of rotatable bonds is 2. The highest BCUT2D eigenvalue weighted by Gasteiger charge is 2.16. The van der Waals surface area contributed by atoms with Crippen LogP contribution in [-0.4, -0.2) is 9.97 Å². The van der Waals surface area contributed by atoms with Crippen molar-refractivity contribution in [3.05, 3.63) is 95.1 Å². The number of fused-ring (bicyclic) bond motifs is 3. The van der Waals surface area contributed by atoms with Gasteiger partial charge in [-0.05, 0) is 55.8 Å². The number of benzene rings is 4. The first kappa shape index (κ1) is 18.5. The largest absolute Gasteiger partial charge is 0.227 e. The lowest BCUT2D eigenvalue weighted by atomic mass is 9.97. The van der Waals surface area contributed by atoms with Crippen molar-refractivity contribution in [2.24, 2.45) is 0 Å². The lowest BCUT2D eigenvalue weighted by Gasteiger charge is -2.15. The molecular weight excluding hydrogens is 364 g/mol. The van der Waals surface area contributed by atoms with Crippen LogP contribution in [0.25, 0.3) is 44.3 Å². The molecule has 146 valence electrons. The monoisotopic (exact) mass is 388 g/mol. The molecule has 0 saturated carbocycles. The van der Waals surface area contributed by atoms with Crippen LogP contribution in [0, 0.1) is 27.7 Å². The molecular formula is C28H24N2. The van der Waals surface area contributed by atoms with Gasteiger partial charge in [-0.3, -0.25) is 0 Å². The van der Waals surface area contributed by atoms with E-state index in [1.165, 1.54) is 27.6 Å². The summed E-state index contributed by atoms with van der Waals surface area (Å²) in [5.74, 6) is 0.787. The maximum Gasteiger partial charge on any atom is 0.160 e. The number of hydrogen-bond acceptors (Lipinski definition) is 2. The normalized spacial score (nSPS) is 11.3. The molecule has 0 unspecified atom stereocenters. The van der Waals surface area contributed by atoms with Crippen molar-refractivity contribution in [1.82, 2.24) is 9.97 Å². The fourth-order valence-corrected chi connectivity index (χ4v) is 4.26. The summed E-state index contributed by atoms with van der Waals surface area (Å²) in [6, 6.07) is 25.7. The first-order valence-electron chi connectivity index (χ1n) is 10.4. The quantitative estimate of drug-likeness (QED) is 0.295. The third-order valence-electron chi connectivity index (χ3n) is 6.07. The minimum absolute atomic E-state index is 0.787. The SMILES string of the molecule is Cc1ccc(-c2nc(-c3cccc(C)c3C)nc3c2ccc2ccccc23)c(C)c1. The summed E-state index contributed by atoms with van der Waals surface area (Å²) in [4.78, 5) is 10.2. The van der Waals surface area contributed by atoms with Gasteiger partial charge in [-0.1, -0.05) is 72.3 Å². The van der Waals surface area contributed by atoms with E-state index in [1.54, 1.807) is 0 Å². The lowest BCUT2D eigenvalue weighted by molar-refractivity contribution is 1.20. The highest BCUT2D eigenvalue weighted by molar-refractivity contribution is 6.09. The second-order valence-corrected chi connectivity index (χ2v) is 8.14. The Labute approximate surface area is 177 Å². The minimum Gasteiger partial charge on any atom is -0.227 e. The fraction of sp³-hybridized carbons (Fsp3) is 0.143. The maximum atomic E-state index is 5.13. The lowest BCUT2D eigenvalue weighted by Crippen LogP contribution is -1.99. The third-order valence-corrected chi connectivity index (χ3v) is 6.07. The van der Waals surface area contributed by atoms with Crippen LogP contribution in [0.2, 0.25) is 0 Å². The third kappa shape index (κ3) is 2.96. The molecule has 0 saturated heterocycles. The molecule has 0 N–H and O–H groups in total. The van der Waals surface area contributed by atoms with Crippen molar-refractivity contribution in [2.45, 2.75) is 27.7 Å². The average Bonchev–Trinajstić information content (AvgIpc) is 2.75. The Morgan fingerprint density at radius 3 is 2.27 bits per heavy atom.